The molecule has 0 bridgehead atoms. The van der Waals surface area contributed by atoms with E-state index in [1.165, 1.54) is 0 Å². The predicted molar refractivity (Wildman–Crippen MR) is 89.5 cm³/mol. The van der Waals surface area contributed by atoms with Crippen molar-refractivity contribution < 1.29 is 0 Å². The Bertz CT molecular complexity index is 654. The van der Waals surface area contributed by atoms with E-state index in [1.807, 2.05) is 4.57 Å². The van der Waals surface area contributed by atoms with E-state index in [0.717, 1.165) is 11.2 Å². The molecular weight excluding hydrogens is 276 g/mol. The number of hydrogen-bond donors (Lipinski definition) is 0. The van der Waals surface area contributed by atoms with Crippen molar-refractivity contribution in [3.05, 3.63) is 18.9 Å². The summed E-state index contributed by atoms with van der Waals surface area (Å²) in [6.07, 6.45) is 5.01. The van der Waals surface area contributed by atoms with Crippen molar-refractivity contribution >= 4 is 19.2 Å². The highest BCUT2D eigenvalue weighted by Crippen LogP contribution is 2.40. The molecule has 2 rings (SSSR count). The van der Waals surface area contributed by atoms with Gasteiger partial charge in [0.25, 0.3) is 0 Å². The van der Waals surface area contributed by atoms with Crippen molar-refractivity contribution in [2.45, 2.75) is 58.2 Å². The van der Waals surface area contributed by atoms with Crippen LogP contribution in [-0.4, -0.2) is 27.6 Å². The largest absolute Gasteiger partial charge is 0.242 e. The normalized spacial score (nSPS) is 12.2. The van der Waals surface area contributed by atoms with Gasteiger partial charge in [-0.2, -0.15) is 0 Å². The summed E-state index contributed by atoms with van der Waals surface area (Å²) < 4.78 is 1.84. The summed E-state index contributed by atoms with van der Waals surface area (Å²) in [6, 6.07) is 3.33. The number of rotatable bonds is 3. The number of nitrogens with zero attached hydrogens (tertiary/aromatic N) is 4. The van der Waals surface area contributed by atoms with Crippen LogP contribution in [0.1, 0.15) is 41.5 Å². The monoisotopic (exact) mass is 300 g/mol. The Hall–Kier alpha value is -1.67. The Labute approximate surface area is 128 Å². The molecule has 0 saturated carbocycles. The smallest absolute Gasteiger partial charge is 0.175 e. The zero-order chi connectivity index (χ0) is 15.6. The van der Waals surface area contributed by atoms with E-state index in [2.05, 4.69) is 68.1 Å². The fourth-order valence-electron chi connectivity index (χ4n) is 3.44. The van der Waals surface area contributed by atoms with E-state index in [0.29, 0.717) is 16.6 Å². The molecule has 0 spiro atoms. The predicted octanol–water partition coefficient (Wildman–Crippen LogP) is 3.85. The third-order valence-corrected chi connectivity index (χ3v) is 10.7. The fraction of sp³-hybridized carbons (Fsp3) is 0.562. The van der Waals surface area contributed by atoms with Crippen LogP contribution >= 0.6 is 0 Å². The van der Waals surface area contributed by atoms with Gasteiger partial charge in [0.1, 0.15) is 26.2 Å². The third-order valence-electron chi connectivity index (χ3n) is 4.47. The van der Waals surface area contributed by atoms with Crippen LogP contribution in [0.2, 0.25) is 16.6 Å². The lowest BCUT2D eigenvalue weighted by molar-refractivity contribution is 0.838. The minimum Gasteiger partial charge on any atom is -0.242 e. The quantitative estimate of drug-likeness (QED) is 0.638. The van der Waals surface area contributed by atoms with E-state index in [-0.39, 0.29) is 0 Å². The molecule has 0 saturated heterocycles. The van der Waals surface area contributed by atoms with Crippen LogP contribution in [0.3, 0.4) is 0 Å². The van der Waals surface area contributed by atoms with Crippen LogP contribution in [-0.2, 0) is 0 Å². The average Bonchev–Trinajstić information content (AvgIpc) is 2.82. The molecule has 0 amide bonds. The van der Waals surface area contributed by atoms with E-state index < -0.39 is 8.07 Å². The highest BCUT2D eigenvalue weighted by Gasteiger charge is 2.41. The molecule has 0 aliphatic carbocycles. The summed E-state index contributed by atoms with van der Waals surface area (Å²) in [5.41, 5.74) is 7.12. The van der Waals surface area contributed by atoms with Gasteiger partial charge in [-0.1, -0.05) is 41.5 Å². The van der Waals surface area contributed by atoms with Crippen LogP contribution in [0.4, 0.5) is 0 Å². The molecule has 0 atom stereocenters. The summed E-state index contributed by atoms with van der Waals surface area (Å²) in [4.78, 5) is 12.6. The van der Waals surface area contributed by atoms with Gasteiger partial charge in [0.2, 0.25) is 0 Å². The van der Waals surface area contributed by atoms with Crippen LogP contribution in [0.15, 0.2) is 18.9 Å². The van der Waals surface area contributed by atoms with Crippen LogP contribution in [0.5, 0.6) is 0 Å². The van der Waals surface area contributed by atoms with Crippen molar-refractivity contribution in [2.24, 2.45) is 0 Å². The summed E-state index contributed by atoms with van der Waals surface area (Å²) in [6.45, 7) is 13.9. The van der Waals surface area contributed by atoms with Crippen molar-refractivity contribution in [3.8, 4) is 11.6 Å². The average molecular weight is 300 g/mol. The van der Waals surface area contributed by atoms with Crippen molar-refractivity contribution in [2.75, 3.05) is 0 Å². The standard InChI is InChI=1S/C16H24N4Si/c1-12(2)21(13(3)4,14(5)6)8-7-20-11-19-15-9-17-10-18-16(15)20/h9-14H,1-6H3. The molecular formula is C16H24N4Si. The first-order chi connectivity index (χ1) is 9.89. The summed E-state index contributed by atoms with van der Waals surface area (Å²) in [5, 5.41) is 0. The minimum absolute atomic E-state index is 0.620. The maximum atomic E-state index is 4.30. The molecule has 2 heterocycles. The van der Waals surface area contributed by atoms with Gasteiger partial charge in [-0.3, -0.25) is 0 Å². The molecule has 0 fully saturated rings. The molecule has 0 aliphatic heterocycles. The highest BCUT2D eigenvalue weighted by atomic mass is 28.3. The number of fused-ring (bicyclic) bond motifs is 1. The molecule has 0 radical (unpaired) electrons. The lowest BCUT2D eigenvalue weighted by Gasteiger charge is -2.37. The number of hydrogen-bond acceptors (Lipinski definition) is 3. The van der Waals surface area contributed by atoms with E-state index in [1.54, 1.807) is 18.9 Å². The molecule has 0 N–H and O–H groups in total. The van der Waals surface area contributed by atoms with E-state index in [9.17, 15) is 0 Å². The summed E-state index contributed by atoms with van der Waals surface area (Å²) in [5.74, 6) is 0. The Morgan fingerprint density at radius 3 is 2.19 bits per heavy atom. The Kier molecular flexibility index (Phi) is 4.48. The van der Waals surface area contributed by atoms with Crippen molar-refractivity contribution in [1.29, 1.82) is 0 Å². The second-order valence-electron chi connectivity index (χ2n) is 6.48. The van der Waals surface area contributed by atoms with Gasteiger partial charge in [-0.05, 0) is 16.6 Å². The van der Waals surface area contributed by atoms with Gasteiger partial charge in [0.15, 0.2) is 5.65 Å². The molecule has 0 aliphatic rings. The molecule has 0 unspecified atom stereocenters. The molecule has 5 heteroatoms. The second kappa shape index (κ2) is 5.98. The summed E-state index contributed by atoms with van der Waals surface area (Å²) >= 11 is 0. The third kappa shape index (κ3) is 2.73. The van der Waals surface area contributed by atoms with Crippen LogP contribution in [0.25, 0.3) is 11.2 Å². The minimum atomic E-state index is -1.72. The fourth-order valence-corrected chi connectivity index (χ4v) is 8.62. The maximum Gasteiger partial charge on any atom is 0.175 e. The van der Waals surface area contributed by atoms with Gasteiger partial charge in [0.05, 0.1) is 6.20 Å². The lowest BCUT2D eigenvalue weighted by atomic mass is 10.5. The van der Waals surface area contributed by atoms with Crippen molar-refractivity contribution in [1.82, 2.24) is 19.5 Å². The zero-order valence-corrected chi connectivity index (χ0v) is 14.8. The highest BCUT2D eigenvalue weighted by molar-refractivity contribution is 6.90. The molecule has 4 nitrogen and oxygen atoms in total. The first-order valence-corrected chi connectivity index (χ1v) is 9.79. The molecule has 0 aromatic carbocycles. The zero-order valence-electron chi connectivity index (χ0n) is 13.8. The Morgan fingerprint density at radius 1 is 1.00 bits per heavy atom. The maximum absolute atomic E-state index is 4.30. The molecule has 2 aromatic rings. The van der Waals surface area contributed by atoms with Gasteiger partial charge in [0, 0.05) is 6.04 Å². The van der Waals surface area contributed by atoms with E-state index in [4.69, 9.17) is 0 Å². The van der Waals surface area contributed by atoms with Crippen LogP contribution < -0.4 is 0 Å². The number of aromatic nitrogens is 4. The Balaban J connectivity index is 2.52. The number of imidazole rings is 1. The molecule has 21 heavy (non-hydrogen) atoms. The molecule has 112 valence electrons. The topological polar surface area (TPSA) is 43.6 Å². The van der Waals surface area contributed by atoms with Gasteiger partial charge < -0.3 is 0 Å². The van der Waals surface area contributed by atoms with Gasteiger partial charge in [-0.15, -0.1) is 5.54 Å². The van der Waals surface area contributed by atoms with E-state index >= 15 is 0 Å². The first-order valence-electron chi connectivity index (χ1n) is 7.55. The SMILES string of the molecule is CC(C)[Si](C#Cn1cnc2cncnc21)(C(C)C)C(C)C. The van der Waals surface area contributed by atoms with Gasteiger partial charge in [-0.25, -0.2) is 19.5 Å². The van der Waals surface area contributed by atoms with Crippen molar-refractivity contribution in [3.63, 3.8) is 0 Å². The van der Waals surface area contributed by atoms with Gasteiger partial charge >= 0.3 is 0 Å². The lowest BCUT2D eigenvalue weighted by Crippen LogP contribution is -2.43. The first kappa shape index (κ1) is 15.7. The molecule has 2 aromatic heterocycles. The van der Waals surface area contributed by atoms with Crippen LogP contribution in [0, 0.1) is 11.6 Å². The Morgan fingerprint density at radius 2 is 1.62 bits per heavy atom. The second-order valence-corrected chi connectivity index (χ2v) is 12.1. The summed E-state index contributed by atoms with van der Waals surface area (Å²) in [7, 11) is -1.72.